The molecule has 1 saturated carbocycles. The smallest absolute Gasteiger partial charge is 0.128 e. The highest BCUT2D eigenvalue weighted by atomic mass is 35.5. The Kier molecular flexibility index (Phi) is 2.90. The zero-order valence-electron chi connectivity index (χ0n) is 9.45. The van der Waals surface area contributed by atoms with Crippen molar-refractivity contribution in [2.75, 3.05) is 13.1 Å². The van der Waals surface area contributed by atoms with Gasteiger partial charge >= 0.3 is 0 Å². The van der Waals surface area contributed by atoms with Crippen LogP contribution in [0.4, 0.5) is 0 Å². The van der Waals surface area contributed by atoms with E-state index in [0.717, 1.165) is 24.2 Å². The van der Waals surface area contributed by atoms with Crippen LogP contribution in [0.15, 0.2) is 6.20 Å². The molecule has 1 aliphatic heterocycles. The largest absolute Gasteiger partial charge is 0.319 e. The Balaban J connectivity index is 1.74. The van der Waals surface area contributed by atoms with Gasteiger partial charge in [-0.2, -0.15) is 0 Å². The Bertz CT molecular complexity index is 364. The van der Waals surface area contributed by atoms with Gasteiger partial charge in [0, 0.05) is 12.5 Å². The highest BCUT2D eigenvalue weighted by molar-refractivity contribution is 6.29. The number of hydrogen-bond acceptors (Lipinski definition) is 2. The van der Waals surface area contributed by atoms with Crippen LogP contribution in [-0.4, -0.2) is 22.6 Å². The van der Waals surface area contributed by atoms with Crippen LogP contribution in [0.25, 0.3) is 0 Å². The van der Waals surface area contributed by atoms with Crippen molar-refractivity contribution in [1.29, 1.82) is 0 Å². The van der Waals surface area contributed by atoms with Crippen LogP contribution in [-0.2, 0) is 6.54 Å². The maximum Gasteiger partial charge on any atom is 0.128 e. The summed E-state index contributed by atoms with van der Waals surface area (Å²) in [6.45, 7) is 3.33. The molecule has 1 aromatic heterocycles. The second kappa shape index (κ2) is 4.38. The van der Waals surface area contributed by atoms with Gasteiger partial charge in [0.25, 0.3) is 0 Å². The quantitative estimate of drug-likeness (QED) is 0.878. The van der Waals surface area contributed by atoms with Crippen LogP contribution >= 0.6 is 11.6 Å². The molecule has 16 heavy (non-hydrogen) atoms. The van der Waals surface area contributed by atoms with E-state index in [0.29, 0.717) is 5.92 Å². The lowest BCUT2D eigenvalue weighted by molar-refractivity contribution is 0.334. The number of nitrogens with one attached hydrogen (secondary N) is 1. The molecule has 0 amide bonds. The summed E-state index contributed by atoms with van der Waals surface area (Å²) in [5.41, 5.74) is 0. The topological polar surface area (TPSA) is 29.9 Å². The van der Waals surface area contributed by atoms with E-state index < -0.39 is 0 Å². The van der Waals surface area contributed by atoms with Gasteiger partial charge in [-0.15, -0.1) is 0 Å². The number of hydrogen-bond donors (Lipinski definition) is 1. The number of imidazole rings is 1. The highest BCUT2D eigenvalue weighted by Crippen LogP contribution is 2.40. The number of aromatic nitrogens is 2. The molecule has 1 saturated heterocycles. The van der Waals surface area contributed by atoms with Crippen LogP contribution in [0.5, 0.6) is 0 Å². The lowest BCUT2D eigenvalue weighted by atomic mass is 9.99. The fraction of sp³-hybridized carbons (Fsp3) is 0.750. The molecule has 0 aromatic carbocycles. The molecule has 88 valence electrons. The SMILES string of the molecule is Clc1cnc(C2CC2)n1CC1CCCNC1. The van der Waals surface area contributed by atoms with Gasteiger partial charge in [-0.05, 0) is 44.7 Å². The maximum absolute atomic E-state index is 6.22. The second-order valence-corrected chi connectivity index (χ2v) is 5.42. The lowest BCUT2D eigenvalue weighted by Crippen LogP contribution is -2.32. The average Bonchev–Trinajstić information content (AvgIpc) is 3.08. The van der Waals surface area contributed by atoms with E-state index in [9.17, 15) is 0 Å². The standard InChI is InChI=1S/C12H18ClN3/c13-11-7-15-12(10-3-4-10)16(11)8-9-2-1-5-14-6-9/h7,9-10,14H,1-6,8H2. The predicted molar refractivity (Wildman–Crippen MR) is 64.8 cm³/mol. The molecule has 3 rings (SSSR count). The second-order valence-electron chi connectivity index (χ2n) is 5.04. The Labute approximate surface area is 101 Å². The zero-order chi connectivity index (χ0) is 11.0. The predicted octanol–water partition coefficient (Wildman–Crippen LogP) is 2.41. The molecule has 1 atom stereocenters. The number of nitrogens with zero attached hydrogens (tertiary/aromatic N) is 2. The summed E-state index contributed by atoms with van der Waals surface area (Å²) >= 11 is 6.22. The molecule has 4 heteroatoms. The summed E-state index contributed by atoms with van der Waals surface area (Å²) < 4.78 is 2.23. The summed E-state index contributed by atoms with van der Waals surface area (Å²) in [5, 5.41) is 4.27. The minimum Gasteiger partial charge on any atom is -0.319 e. The molecular weight excluding hydrogens is 222 g/mol. The summed E-state index contributed by atoms with van der Waals surface area (Å²) in [5.74, 6) is 2.62. The van der Waals surface area contributed by atoms with Crippen molar-refractivity contribution in [3.8, 4) is 0 Å². The summed E-state index contributed by atoms with van der Waals surface area (Å²) in [6, 6.07) is 0. The van der Waals surface area contributed by atoms with Gasteiger partial charge in [-0.25, -0.2) is 4.98 Å². The van der Waals surface area contributed by atoms with E-state index in [1.807, 2.05) is 6.20 Å². The number of halogens is 1. The molecule has 0 radical (unpaired) electrons. The van der Waals surface area contributed by atoms with Crippen molar-refractivity contribution in [2.45, 2.75) is 38.1 Å². The first-order chi connectivity index (χ1) is 7.84. The zero-order valence-corrected chi connectivity index (χ0v) is 10.2. The first kappa shape index (κ1) is 10.6. The van der Waals surface area contributed by atoms with E-state index in [1.165, 1.54) is 38.1 Å². The van der Waals surface area contributed by atoms with Gasteiger partial charge in [0.2, 0.25) is 0 Å². The van der Waals surface area contributed by atoms with Gasteiger partial charge in [0.05, 0.1) is 6.20 Å². The van der Waals surface area contributed by atoms with Crippen LogP contribution < -0.4 is 5.32 Å². The molecule has 1 aliphatic carbocycles. The third-order valence-corrected chi connectivity index (χ3v) is 3.92. The van der Waals surface area contributed by atoms with Crippen molar-refractivity contribution in [2.24, 2.45) is 5.92 Å². The first-order valence-corrected chi connectivity index (χ1v) is 6.64. The van der Waals surface area contributed by atoms with E-state index in [-0.39, 0.29) is 0 Å². The molecule has 3 nitrogen and oxygen atoms in total. The molecule has 1 unspecified atom stereocenters. The van der Waals surface area contributed by atoms with Gasteiger partial charge in [0.1, 0.15) is 11.0 Å². The van der Waals surface area contributed by atoms with Crippen molar-refractivity contribution in [1.82, 2.24) is 14.9 Å². The van der Waals surface area contributed by atoms with Crippen LogP contribution in [0.2, 0.25) is 5.15 Å². The monoisotopic (exact) mass is 239 g/mol. The van der Waals surface area contributed by atoms with Crippen molar-refractivity contribution in [3.63, 3.8) is 0 Å². The van der Waals surface area contributed by atoms with E-state index in [1.54, 1.807) is 0 Å². The van der Waals surface area contributed by atoms with Gasteiger partial charge in [-0.3, -0.25) is 0 Å². The summed E-state index contributed by atoms with van der Waals surface area (Å²) in [7, 11) is 0. The Hall–Kier alpha value is -0.540. The molecule has 0 bridgehead atoms. The Morgan fingerprint density at radius 3 is 3.00 bits per heavy atom. The summed E-state index contributed by atoms with van der Waals surface area (Å²) in [6.07, 6.45) is 6.99. The first-order valence-electron chi connectivity index (χ1n) is 6.26. The molecule has 0 spiro atoms. The minimum atomic E-state index is 0.684. The van der Waals surface area contributed by atoms with Gasteiger partial charge in [0.15, 0.2) is 0 Å². The molecule has 2 aliphatic rings. The van der Waals surface area contributed by atoms with Gasteiger partial charge < -0.3 is 9.88 Å². The number of piperidine rings is 1. The van der Waals surface area contributed by atoms with Crippen LogP contribution in [0.3, 0.4) is 0 Å². The van der Waals surface area contributed by atoms with Gasteiger partial charge in [-0.1, -0.05) is 11.6 Å². The van der Waals surface area contributed by atoms with Crippen LogP contribution in [0, 0.1) is 5.92 Å². The molecule has 1 N–H and O–H groups in total. The minimum absolute atomic E-state index is 0.684. The molecular formula is C12H18ClN3. The molecule has 2 heterocycles. The average molecular weight is 240 g/mol. The summed E-state index contributed by atoms with van der Waals surface area (Å²) in [4.78, 5) is 4.45. The fourth-order valence-electron chi connectivity index (χ4n) is 2.55. The highest BCUT2D eigenvalue weighted by Gasteiger charge is 2.29. The van der Waals surface area contributed by atoms with Crippen molar-refractivity contribution in [3.05, 3.63) is 17.2 Å². The third-order valence-electron chi connectivity index (χ3n) is 3.62. The Morgan fingerprint density at radius 1 is 1.44 bits per heavy atom. The lowest BCUT2D eigenvalue weighted by Gasteiger charge is -2.24. The normalized spacial score (nSPS) is 25.9. The Morgan fingerprint density at radius 2 is 2.31 bits per heavy atom. The van der Waals surface area contributed by atoms with E-state index >= 15 is 0 Å². The number of rotatable bonds is 3. The maximum atomic E-state index is 6.22. The third kappa shape index (κ3) is 2.11. The van der Waals surface area contributed by atoms with E-state index in [4.69, 9.17) is 11.6 Å². The van der Waals surface area contributed by atoms with Crippen molar-refractivity contribution < 1.29 is 0 Å². The van der Waals surface area contributed by atoms with Crippen molar-refractivity contribution >= 4 is 11.6 Å². The molecule has 2 fully saturated rings. The van der Waals surface area contributed by atoms with E-state index in [2.05, 4.69) is 14.9 Å². The van der Waals surface area contributed by atoms with Crippen LogP contribution in [0.1, 0.15) is 37.4 Å². The molecule has 1 aromatic rings. The fourth-order valence-corrected chi connectivity index (χ4v) is 2.76.